The standard InChI is InChI=1S/C67H120O6/c1-4-7-10-13-16-19-22-25-26-27-28-29-30-31-32-33-34-35-36-37-38-39-40-41-43-45-48-51-54-57-60-66(69)72-63-64(62-71-65(68)59-56-53-50-47-44-24-21-18-15-12-9-6-3)73-67(70)61-58-55-52-49-46-42-23-20-17-14-11-8-5-2/h8,11,17-18,20-21,42,46,52,55,64H,4-7,9-10,12-16,19,22-41,43-45,47-51,53-54,56-63H2,1-3H3/b11-8-,20-17-,21-18-,46-42-,55-52-. The van der Waals surface area contributed by atoms with Gasteiger partial charge >= 0.3 is 17.9 Å². The Balaban J connectivity index is 4.13. The molecule has 6 nitrogen and oxygen atoms in total. The van der Waals surface area contributed by atoms with E-state index in [-0.39, 0.29) is 37.5 Å². The third-order valence-electron chi connectivity index (χ3n) is 14.0. The predicted molar refractivity (Wildman–Crippen MR) is 316 cm³/mol. The van der Waals surface area contributed by atoms with E-state index >= 15 is 0 Å². The fourth-order valence-corrected chi connectivity index (χ4v) is 9.28. The zero-order valence-corrected chi connectivity index (χ0v) is 48.7. The van der Waals surface area contributed by atoms with Crippen LogP contribution in [0.1, 0.15) is 329 Å². The average molecular weight is 1020 g/mol. The Labute approximate surface area is 453 Å². The van der Waals surface area contributed by atoms with Gasteiger partial charge in [-0.15, -0.1) is 0 Å². The maximum atomic E-state index is 12.8. The van der Waals surface area contributed by atoms with Crippen LogP contribution in [0, 0.1) is 0 Å². The summed E-state index contributed by atoms with van der Waals surface area (Å²) in [7, 11) is 0. The number of hydrogen-bond acceptors (Lipinski definition) is 6. The van der Waals surface area contributed by atoms with Crippen molar-refractivity contribution < 1.29 is 28.6 Å². The molecule has 424 valence electrons. The van der Waals surface area contributed by atoms with Crippen LogP contribution < -0.4 is 0 Å². The van der Waals surface area contributed by atoms with Gasteiger partial charge in [-0.3, -0.25) is 14.4 Å². The fraction of sp³-hybridized carbons (Fsp3) is 0.806. The molecule has 1 unspecified atom stereocenters. The van der Waals surface area contributed by atoms with Crippen LogP contribution in [0.5, 0.6) is 0 Å². The van der Waals surface area contributed by atoms with Gasteiger partial charge in [0.15, 0.2) is 6.10 Å². The maximum absolute atomic E-state index is 12.8. The first-order valence-corrected chi connectivity index (χ1v) is 31.8. The summed E-state index contributed by atoms with van der Waals surface area (Å²) in [6, 6.07) is 0. The molecule has 0 aliphatic rings. The molecule has 0 radical (unpaired) electrons. The monoisotopic (exact) mass is 1020 g/mol. The summed E-state index contributed by atoms with van der Waals surface area (Å²) in [6.07, 6.45) is 78.5. The normalized spacial score (nSPS) is 12.4. The van der Waals surface area contributed by atoms with Crippen LogP contribution in [-0.2, 0) is 28.6 Å². The first-order chi connectivity index (χ1) is 36.0. The van der Waals surface area contributed by atoms with Gasteiger partial charge in [-0.1, -0.05) is 300 Å². The molecule has 0 aromatic heterocycles. The number of carbonyl (C=O) groups is 3. The van der Waals surface area contributed by atoms with E-state index in [1.807, 2.05) is 6.08 Å². The summed E-state index contributed by atoms with van der Waals surface area (Å²) >= 11 is 0. The number of rotatable bonds is 58. The highest BCUT2D eigenvalue weighted by molar-refractivity contribution is 5.71. The van der Waals surface area contributed by atoms with E-state index in [4.69, 9.17) is 14.2 Å². The van der Waals surface area contributed by atoms with Crippen LogP contribution in [0.3, 0.4) is 0 Å². The lowest BCUT2D eigenvalue weighted by Gasteiger charge is -2.18. The zero-order valence-electron chi connectivity index (χ0n) is 48.7. The van der Waals surface area contributed by atoms with Gasteiger partial charge in [0.25, 0.3) is 0 Å². The molecular weight excluding hydrogens is 901 g/mol. The first kappa shape index (κ1) is 70.1. The molecule has 0 aromatic carbocycles. The van der Waals surface area contributed by atoms with Crippen LogP contribution in [0.2, 0.25) is 0 Å². The second-order valence-corrected chi connectivity index (χ2v) is 21.3. The van der Waals surface area contributed by atoms with Gasteiger partial charge in [0.2, 0.25) is 0 Å². The Kier molecular flexibility index (Phi) is 59.2. The molecule has 1 atom stereocenters. The average Bonchev–Trinajstić information content (AvgIpc) is 3.39. The van der Waals surface area contributed by atoms with Crippen LogP contribution >= 0.6 is 0 Å². The summed E-state index contributed by atoms with van der Waals surface area (Å²) in [5.74, 6) is -0.982. The third kappa shape index (κ3) is 59.9. The van der Waals surface area contributed by atoms with Crippen LogP contribution in [0.15, 0.2) is 60.8 Å². The third-order valence-corrected chi connectivity index (χ3v) is 14.0. The van der Waals surface area contributed by atoms with Gasteiger partial charge in [0.05, 0.1) is 0 Å². The number of allylic oxidation sites excluding steroid dienone is 10. The van der Waals surface area contributed by atoms with Crippen molar-refractivity contribution in [1.29, 1.82) is 0 Å². The number of carbonyl (C=O) groups excluding carboxylic acids is 3. The van der Waals surface area contributed by atoms with Gasteiger partial charge < -0.3 is 14.2 Å². The SMILES string of the molecule is CC/C=C\C/C=C\C/C=C\C/C=C\CCC(=O)OC(COC(=O)CCCCCCC/C=C\CCCCC)COC(=O)CCCCCCCCCCCCCCCCCCCCCCCCCCCCCCCC. The Hall–Kier alpha value is -2.89. The molecule has 0 spiro atoms. The van der Waals surface area contributed by atoms with E-state index in [0.29, 0.717) is 19.3 Å². The van der Waals surface area contributed by atoms with Crippen LogP contribution in [0.25, 0.3) is 0 Å². The Morgan fingerprint density at radius 3 is 0.918 bits per heavy atom. The molecule has 0 aliphatic heterocycles. The number of unbranched alkanes of at least 4 members (excludes halogenated alkanes) is 37. The minimum absolute atomic E-state index is 0.103. The molecule has 0 bridgehead atoms. The summed E-state index contributed by atoms with van der Waals surface area (Å²) in [4.78, 5) is 38.1. The van der Waals surface area contributed by atoms with Crippen LogP contribution in [0.4, 0.5) is 0 Å². The van der Waals surface area contributed by atoms with Crippen molar-refractivity contribution in [2.24, 2.45) is 0 Å². The van der Waals surface area contributed by atoms with Crippen molar-refractivity contribution in [3.8, 4) is 0 Å². The minimum Gasteiger partial charge on any atom is -0.462 e. The lowest BCUT2D eigenvalue weighted by Crippen LogP contribution is -2.30. The van der Waals surface area contributed by atoms with Crippen molar-refractivity contribution in [3.05, 3.63) is 60.8 Å². The first-order valence-electron chi connectivity index (χ1n) is 31.8. The van der Waals surface area contributed by atoms with Gasteiger partial charge in [-0.25, -0.2) is 0 Å². The smallest absolute Gasteiger partial charge is 0.306 e. The maximum Gasteiger partial charge on any atom is 0.306 e. The molecule has 0 aliphatic carbocycles. The van der Waals surface area contributed by atoms with E-state index in [1.54, 1.807) is 0 Å². The Morgan fingerprint density at radius 1 is 0.288 bits per heavy atom. The van der Waals surface area contributed by atoms with Crippen molar-refractivity contribution >= 4 is 17.9 Å². The molecule has 6 heteroatoms. The van der Waals surface area contributed by atoms with Gasteiger partial charge in [0.1, 0.15) is 13.2 Å². The van der Waals surface area contributed by atoms with Gasteiger partial charge in [-0.2, -0.15) is 0 Å². The van der Waals surface area contributed by atoms with E-state index in [1.165, 1.54) is 212 Å². The largest absolute Gasteiger partial charge is 0.462 e. The van der Waals surface area contributed by atoms with Crippen molar-refractivity contribution in [3.63, 3.8) is 0 Å². The van der Waals surface area contributed by atoms with Crippen molar-refractivity contribution in [1.82, 2.24) is 0 Å². The molecule has 0 fully saturated rings. The fourth-order valence-electron chi connectivity index (χ4n) is 9.28. The molecule has 0 heterocycles. The Bertz CT molecular complexity index is 1310. The second-order valence-electron chi connectivity index (χ2n) is 21.3. The topological polar surface area (TPSA) is 78.9 Å². The number of ether oxygens (including phenoxy) is 3. The second kappa shape index (κ2) is 61.7. The molecule has 73 heavy (non-hydrogen) atoms. The molecule has 0 saturated heterocycles. The van der Waals surface area contributed by atoms with Gasteiger partial charge in [0, 0.05) is 19.3 Å². The van der Waals surface area contributed by atoms with Crippen molar-refractivity contribution in [2.75, 3.05) is 13.2 Å². The number of esters is 3. The molecule has 0 aromatic rings. The lowest BCUT2D eigenvalue weighted by molar-refractivity contribution is -0.166. The summed E-state index contributed by atoms with van der Waals surface area (Å²) in [5.41, 5.74) is 0. The highest BCUT2D eigenvalue weighted by Gasteiger charge is 2.19. The zero-order chi connectivity index (χ0) is 52.9. The molecule has 0 rings (SSSR count). The van der Waals surface area contributed by atoms with Crippen LogP contribution in [-0.4, -0.2) is 37.2 Å². The molecule has 0 saturated carbocycles. The van der Waals surface area contributed by atoms with E-state index < -0.39 is 6.10 Å². The summed E-state index contributed by atoms with van der Waals surface area (Å²) < 4.78 is 16.8. The van der Waals surface area contributed by atoms with E-state index in [9.17, 15) is 14.4 Å². The molecular formula is C67H120O6. The van der Waals surface area contributed by atoms with E-state index in [2.05, 4.69) is 75.5 Å². The van der Waals surface area contributed by atoms with Crippen molar-refractivity contribution in [2.45, 2.75) is 335 Å². The summed E-state index contributed by atoms with van der Waals surface area (Å²) in [5, 5.41) is 0. The predicted octanol–water partition coefficient (Wildman–Crippen LogP) is 21.6. The highest BCUT2D eigenvalue weighted by Crippen LogP contribution is 2.18. The lowest BCUT2D eigenvalue weighted by atomic mass is 10.0. The molecule has 0 amide bonds. The van der Waals surface area contributed by atoms with E-state index in [0.717, 1.165) is 70.6 Å². The summed E-state index contributed by atoms with van der Waals surface area (Å²) in [6.45, 7) is 6.47. The molecule has 0 N–H and O–H groups in total. The Morgan fingerprint density at radius 2 is 0.562 bits per heavy atom. The minimum atomic E-state index is -0.814. The van der Waals surface area contributed by atoms with Gasteiger partial charge in [-0.05, 0) is 70.6 Å². The highest BCUT2D eigenvalue weighted by atomic mass is 16.6. The quantitative estimate of drug-likeness (QED) is 0.0261. The number of hydrogen-bond donors (Lipinski definition) is 0.